The van der Waals surface area contributed by atoms with Crippen LogP contribution in [-0.4, -0.2) is 36.8 Å². The number of fused-ring (bicyclic) bond motifs is 1. The summed E-state index contributed by atoms with van der Waals surface area (Å²) in [6.07, 6.45) is 0.681. The topological polar surface area (TPSA) is 80.7 Å². The van der Waals surface area contributed by atoms with E-state index >= 15 is 0 Å². The van der Waals surface area contributed by atoms with Crippen LogP contribution in [0.5, 0.6) is 11.5 Å². The van der Waals surface area contributed by atoms with Crippen LogP contribution < -0.4 is 14.8 Å². The van der Waals surface area contributed by atoms with Crippen molar-refractivity contribution in [3.05, 3.63) is 59.7 Å². The van der Waals surface area contributed by atoms with Gasteiger partial charge in [0.05, 0.1) is 19.7 Å². The average Bonchev–Trinajstić information content (AvgIpc) is 2.67. The normalized spacial score (nSPS) is 10.5. The molecule has 0 unspecified atom stereocenters. The molecule has 1 aromatic heterocycles. The number of hydrogen-bond acceptors (Lipinski definition) is 5. The number of anilines is 1. The molecule has 1 heterocycles. The van der Waals surface area contributed by atoms with Crippen LogP contribution >= 0.6 is 0 Å². The van der Waals surface area contributed by atoms with Crippen molar-refractivity contribution in [3.63, 3.8) is 0 Å². The fourth-order valence-electron chi connectivity index (χ4n) is 2.80. The van der Waals surface area contributed by atoms with E-state index in [0.29, 0.717) is 30.0 Å². The Labute approximate surface area is 151 Å². The van der Waals surface area contributed by atoms with Crippen molar-refractivity contribution in [1.29, 1.82) is 0 Å². The number of nitrogens with one attached hydrogen (secondary N) is 1. The van der Waals surface area contributed by atoms with Crippen LogP contribution in [0.25, 0.3) is 10.9 Å². The maximum Gasteiger partial charge on any atom is 0.339 e. The van der Waals surface area contributed by atoms with Crippen LogP contribution in [0.2, 0.25) is 0 Å². The molecule has 0 aliphatic carbocycles. The minimum atomic E-state index is -1.02. The number of aromatic carboxylic acids is 1. The van der Waals surface area contributed by atoms with E-state index in [1.807, 2.05) is 24.3 Å². The molecule has 0 fully saturated rings. The van der Waals surface area contributed by atoms with E-state index in [1.165, 1.54) is 0 Å². The number of carbonyl (C=O) groups is 1. The molecule has 0 aliphatic heterocycles. The SMILES string of the molecule is COc1ccc2cc(C(=O)O)c(NCCc3ccccc3OC)nc2c1. The molecule has 0 saturated heterocycles. The van der Waals surface area contributed by atoms with Crippen molar-refractivity contribution < 1.29 is 19.4 Å². The fraction of sp³-hybridized carbons (Fsp3) is 0.200. The minimum Gasteiger partial charge on any atom is -0.497 e. The van der Waals surface area contributed by atoms with Gasteiger partial charge >= 0.3 is 5.97 Å². The monoisotopic (exact) mass is 352 g/mol. The number of ether oxygens (including phenoxy) is 2. The Morgan fingerprint density at radius 3 is 2.65 bits per heavy atom. The van der Waals surface area contributed by atoms with E-state index < -0.39 is 5.97 Å². The van der Waals surface area contributed by atoms with E-state index in [4.69, 9.17) is 9.47 Å². The highest BCUT2D eigenvalue weighted by molar-refractivity contribution is 5.98. The molecule has 0 amide bonds. The first-order valence-electron chi connectivity index (χ1n) is 8.20. The van der Waals surface area contributed by atoms with Gasteiger partial charge in [0.1, 0.15) is 22.9 Å². The lowest BCUT2D eigenvalue weighted by molar-refractivity contribution is 0.0697. The van der Waals surface area contributed by atoms with Crippen LogP contribution in [0.4, 0.5) is 5.82 Å². The summed E-state index contributed by atoms with van der Waals surface area (Å²) in [4.78, 5) is 16.1. The summed E-state index contributed by atoms with van der Waals surface area (Å²) in [5, 5.41) is 13.4. The maximum absolute atomic E-state index is 11.6. The van der Waals surface area contributed by atoms with E-state index in [9.17, 15) is 9.90 Å². The second-order valence-corrected chi connectivity index (χ2v) is 5.74. The predicted molar refractivity (Wildman–Crippen MR) is 100 cm³/mol. The number of carboxylic acids is 1. The smallest absolute Gasteiger partial charge is 0.339 e. The first-order chi connectivity index (χ1) is 12.6. The Morgan fingerprint density at radius 2 is 1.92 bits per heavy atom. The van der Waals surface area contributed by atoms with Gasteiger partial charge < -0.3 is 19.9 Å². The van der Waals surface area contributed by atoms with Gasteiger partial charge in [-0.15, -0.1) is 0 Å². The second kappa shape index (κ2) is 7.74. The lowest BCUT2D eigenvalue weighted by Gasteiger charge is -2.12. The van der Waals surface area contributed by atoms with Gasteiger partial charge in [0.25, 0.3) is 0 Å². The highest BCUT2D eigenvalue weighted by atomic mass is 16.5. The van der Waals surface area contributed by atoms with E-state index in [1.54, 1.807) is 38.5 Å². The quantitative estimate of drug-likeness (QED) is 0.676. The zero-order chi connectivity index (χ0) is 18.5. The molecule has 0 radical (unpaired) electrons. The lowest BCUT2D eigenvalue weighted by Crippen LogP contribution is -2.12. The van der Waals surface area contributed by atoms with Crippen molar-refractivity contribution in [3.8, 4) is 11.5 Å². The van der Waals surface area contributed by atoms with Crippen molar-refractivity contribution in [1.82, 2.24) is 4.98 Å². The predicted octanol–water partition coefficient (Wildman–Crippen LogP) is 3.60. The minimum absolute atomic E-state index is 0.141. The Balaban J connectivity index is 1.85. The molecule has 0 aliphatic rings. The molecule has 0 saturated carbocycles. The number of pyridine rings is 1. The van der Waals surface area contributed by atoms with Crippen molar-refractivity contribution in [2.45, 2.75) is 6.42 Å². The zero-order valence-electron chi connectivity index (χ0n) is 14.7. The van der Waals surface area contributed by atoms with Gasteiger partial charge in [0.15, 0.2) is 0 Å². The summed E-state index contributed by atoms with van der Waals surface area (Å²) in [6, 6.07) is 14.7. The molecule has 2 aromatic carbocycles. The van der Waals surface area contributed by atoms with Crippen LogP contribution in [0.1, 0.15) is 15.9 Å². The third-order valence-electron chi connectivity index (χ3n) is 4.13. The highest BCUT2D eigenvalue weighted by Crippen LogP contribution is 2.25. The molecule has 26 heavy (non-hydrogen) atoms. The van der Waals surface area contributed by atoms with Gasteiger partial charge in [-0.05, 0) is 36.2 Å². The van der Waals surface area contributed by atoms with Crippen LogP contribution in [0, 0.1) is 0 Å². The number of carboxylic acid groups (broad SMARTS) is 1. The van der Waals surface area contributed by atoms with Gasteiger partial charge in [-0.25, -0.2) is 9.78 Å². The second-order valence-electron chi connectivity index (χ2n) is 5.74. The zero-order valence-corrected chi connectivity index (χ0v) is 14.7. The molecule has 6 heteroatoms. The molecular formula is C20H20N2O4. The summed E-state index contributed by atoms with van der Waals surface area (Å²) in [5.74, 6) is 0.806. The Hall–Kier alpha value is -3.28. The average molecular weight is 352 g/mol. The molecule has 0 atom stereocenters. The van der Waals surface area contributed by atoms with Gasteiger partial charge in [-0.2, -0.15) is 0 Å². The Morgan fingerprint density at radius 1 is 1.12 bits per heavy atom. The fourth-order valence-corrected chi connectivity index (χ4v) is 2.80. The van der Waals surface area contributed by atoms with Crippen molar-refractivity contribution in [2.24, 2.45) is 0 Å². The summed E-state index contributed by atoms with van der Waals surface area (Å²) in [7, 11) is 3.21. The molecular weight excluding hydrogens is 332 g/mol. The number of nitrogens with zero attached hydrogens (tertiary/aromatic N) is 1. The first-order valence-corrected chi connectivity index (χ1v) is 8.20. The summed E-state index contributed by atoms with van der Waals surface area (Å²) < 4.78 is 10.6. The first kappa shape index (κ1) is 17.5. The standard InChI is InChI=1S/C20H20N2O4/c1-25-15-8-7-14-11-16(20(23)24)19(22-17(14)12-15)21-10-9-13-5-3-4-6-18(13)26-2/h3-8,11-12H,9-10H2,1-2H3,(H,21,22)(H,23,24). The molecule has 3 aromatic rings. The molecule has 0 spiro atoms. The van der Waals surface area contributed by atoms with E-state index in [-0.39, 0.29) is 5.56 Å². The van der Waals surface area contributed by atoms with Crippen molar-refractivity contribution >= 4 is 22.7 Å². The maximum atomic E-state index is 11.6. The van der Waals surface area contributed by atoms with Crippen LogP contribution in [0.15, 0.2) is 48.5 Å². The number of hydrogen-bond donors (Lipinski definition) is 2. The summed E-state index contributed by atoms with van der Waals surface area (Å²) >= 11 is 0. The third-order valence-corrected chi connectivity index (χ3v) is 4.13. The Bertz CT molecular complexity index is 940. The van der Waals surface area contributed by atoms with Crippen LogP contribution in [0.3, 0.4) is 0 Å². The van der Waals surface area contributed by atoms with Crippen LogP contribution in [-0.2, 0) is 6.42 Å². The van der Waals surface area contributed by atoms with Gasteiger partial charge in [0.2, 0.25) is 0 Å². The summed E-state index contributed by atoms with van der Waals surface area (Å²) in [6.45, 7) is 0.531. The highest BCUT2D eigenvalue weighted by Gasteiger charge is 2.14. The number of benzene rings is 2. The third kappa shape index (κ3) is 3.69. The van der Waals surface area contributed by atoms with Gasteiger partial charge in [-0.1, -0.05) is 18.2 Å². The lowest BCUT2D eigenvalue weighted by atomic mass is 10.1. The molecule has 134 valence electrons. The van der Waals surface area contributed by atoms with Crippen molar-refractivity contribution in [2.75, 3.05) is 26.1 Å². The largest absolute Gasteiger partial charge is 0.497 e. The number of methoxy groups -OCH3 is 2. The molecule has 2 N–H and O–H groups in total. The number of para-hydroxylation sites is 1. The molecule has 3 rings (SSSR count). The van der Waals surface area contributed by atoms with Gasteiger partial charge in [0, 0.05) is 18.0 Å². The molecule has 6 nitrogen and oxygen atoms in total. The number of aromatic nitrogens is 1. The number of rotatable bonds is 7. The van der Waals surface area contributed by atoms with E-state index in [2.05, 4.69) is 10.3 Å². The summed E-state index contributed by atoms with van der Waals surface area (Å²) in [5.41, 5.74) is 1.86. The molecule has 0 bridgehead atoms. The van der Waals surface area contributed by atoms with E-state index in [0.717, 1.165) is 16.7 Å². The Kier molecular flexibility index (Phi) is 5.22. The van der Waals surface area contributed by atoms with Gasteiger partial charge in [-0.3, -0.25) is 0 Å².